The van der Waals surface area contributed by atoms with Crippen LogP contribution in [-0.2, 0) is 4.79 Å². The highest BCUT2D eigenvalue weighted by molar-refractivity contribution is 5.93. The molecule has 0 unspecified atom stereocenters. The van der Waals surface area contributed by atoms with Crippen LogP contribution < -0.4 is 15.8 Å². The van der Waals surface area contributed by atoms with Crippen molar-refractivity contribution in [1.29, 1.82) is 0 Å². The summed E-state index contributed by atoms with van der Waals surface area (Å²) in [4.78, 5) is 11.1. The fourth-order valence-corrected chi connectivity index (χ4v) is 1.27. The van der Waals surface area contributed by atoms with Gasteiger partial charge >= 0.3 is 6.18 Å². The van der Waals surface area contributed by atoms with E-state index in [9.17, 15) is 18.0 Å². The van der Waals surface area contributed by atoms with E-state index in [1.54, 1.807) is 13.0 Å². The highest BCUT2D eigenvalue weighted by atomic mass is 35.5. The fourth-order valence-electron chi connectivity index (χ4n) is 1.27. The second kappa shape index (κ2) is 7.20. The third-order valence-electron chi connectivity index (χ3n) is 2.13. The monoisotopic (exact) mass is 298 g/mol. The molecule has 0 heterocycles. The highest BCUT2D eigenvalue weighted by Gasteiger charge is 2.28. The Hall–Kier alpha value is -1.47. The van der Waals surface area contributed by atoms with Gasteiger partial charge in [-0.1, -0.05) is 6.07 Å². The van der Waals surface area contributed by atoms with Crippen LogP contribution in [0.4, 0.5) is 18.9 Å². The lowest BCUT2D eigenvalue weighted by Crippen LogP contribution is -2.23. The van der Waals surface area contributed by atoms with Gasteiger partial charge in [0.05, 0.1) is 6.54 Å². The highest BCUT2D eigenvalue weighted by Crippen LogP contribution is 2.27. The van der Waals surface area contributed by atoms with E-state index < -0.39 is 18.7 Å². The lowest BCUT2D eigenvalue weighted by atomic mass is 10.2. The average Bonchev–Trinajstić information content (AvgIpc) is 2.29. The number of benzene rings is 1. The van der Waals surface area contributed by atoms with Gasteiger partial charge in [-0.15, -0.1) is 12.4 Å². The molecule has 0 aliphatic carbocycles. The van der Waals surface area contributed by atoms with Crippen LogP contribution in [0.1, 0.15) is 5.56 Å². The van der Waals surface area contributed by atoms with E-state index in [2.05, 4.69) is 10.1 Å². The summed E-state index contributed by atoms with van der Waals surface area (Å²) in [6.07, 6.45) is -4.40. The molecule has 8 heteroatoms. The van der Waals surface area contributed by atoms with Crippen LogP contribution in [0, 0.1) is 6.92 Å². The molecule has 1 aromatic carbocycles. The zero-order valence-corrected chi connectivity index (χ0v) is 10.9. The molecule has 1 aromatic rings. The molecule has 1 rings (SSSR count). The second-order valence-corrected chi connectivity index (χ2v) is 3.58. The third kappa shape index (κ3) is 5.80. The van der Waals surface area contributed by atoms with Gasteiger partial charge < -0.3 is 15.8 Å². The Balaban J connectivity index is 0.00000324. The number of nitrogens with one attached hydrogen (secondary N) is 1. The summed E-state index contributed by atoms with van der Waals surface area (Å²) in [5, 5.41) is 2.47. The topological polar surface area (TPSA) is 64.4 Å². The van der Waals surface area contributed by atoms with Crippen molar-refractivity contribution in [3.63, 3.8) is 0 Å². The second-order valence-electron chi connectivity index (χ2n) is 3.58. The van der Waals surface area contributed by atoms with Crippen molar-refractivity contribution in [3.05, 3.63) is 23.8 Å². The number of nitrogens with two attached hydrogens (primary N) is 1. The fraction of sp³-hybridized carbons (Fsp3) is 0.364. The van der Waals surface area contributed by atoms with Crippen LogP contribution in [0.15, 0.2) is 18.2 Å². The number of alkyl halides is 3. The zero-order valence-electron chi connectivity index (χ0n) is 10.1. The summed E-state index contributed by atoms with van der Waals surface area (Å²) in [5.74, 6) is -0.354. The molecule has 0 aromatic heterocycles. The van der Waals surface area contributed by atoms with E-state index in [4.69, 9.17) is 5.73 Å². The van der Waals surface area contributed by atoms with Gasteiger partial charge in [-0.05, 0) is 19.1 Å². The van der Waals surface area contributed by atoms with Crippen molar-refractivity contribution in [1.82, 2.24) is 0 Å². The van der Waals surface area contributed by atoms with Crippen LogP contribution in [-0.4, -0.2) is 25.2 Å². The number of halogens is 4. The summed E-state index contributed by atoms with van der Waals surface area (Å²) < 4.78 is 40.7. The van der Waals surface area contributed by atoms with Crippen LogP contribution in [0.25, 0.3) is 0 Å². The number of carbonyl (C=O) groups excluding carboxylic acids is 1. The largest absolute Gasteiger partial charge is 0.484 e. The van der Waals surface area contributed by atoms with Gasteiger partial charge in [0.2, 0.25) is 5.91 Å². The molecule has 0 aliphatic rings. The molecule has 0 aliphatic heterocycles. The van der Waals surface area contributed by atoms with Crippen molar-refractivity contribution in [3.8, 4) is 5.75 Å². The minimum atomic E-state index is -4.40. The van der Waals surface area contributed by atoms with Crippen molar-refractivity contribution in [2.75, 3.05) is 18.5 Å². The molecular formula is C11H14ClF3N2O2. The molecule has 108 valence electrons. The lowest BCUT2D eigenvalue weighted by molar-refractivity contribution is -0.153. The van der Waals surface area contributed by atoms with E-state index in [1.807, 2.05) is 0 Å². The Morgan fingerprint density at radius 1 is 1.42 bits per heavy atom. The van der Waals surface area contributed by atoms with Gasteiger partial charge in [0, 0.05) is 11.3 Å². The number of hydrogen-bond donors (Lipinski definition) is 2. The molecular weight excluding hydrogens is 285 g/mol. The maximum absolute atomic E-state index is 12.0. The first-order chi connectivity index (χ1) is 8.33. The molecule has 0 bridgehead atoms. The Morgan fingerprint density at radius 2 is 2.05 bits per heavy atom. The normalized spacial score (nSPS) is 10.6. The predicted molar refractivity (Wildman–Crippen MR) is 67.7 cm³/mol. The quantitative estimate of drug-likeness (QED) is 0.896. The summed E-state index contributed by atoms with van der Waals surface area (Å²) in [6, 6.07) is 4.45. The van der Waals surface area contributed by atoms with Gasteiger partial charge in [-0.2, -0.15) is 13.2 Å². The van der Waals surface area contributed by atoms with Crippen LogP contribution >= 0.6 is 12.4 Å². The minimum Gasteiger partial charge on any atom is -0.484 e. The lowest BCUT2D eigenvalue weighted by Gasteiger charge is -2.14. The Bertz CT molecular complexity index is 438. The first-order valence-corrected chi connectivity index (χ1v) is 5.12. The zero-order chi connectivity index (χ0) is 13.8. The summed E-state index contributed by atoms with van der Waals surface area (Å²) in [6.45, 7) is -0.0208. The average molecular weight is 299 g/mol. The van der Waals surface area contributed by atoms with E-state index in [1.165, 1.54) is 12.1 Å². The van der Waals surface area contributed by atoms with Gasteiger partial charge in [-0.25, -0.2) is 0 Å². The summed E-state index contributed by atoms with van der Waals surface area (Å²) >= 11 is 0. The third-order valence-corrected chi connectivity index (χ3v) is 2.13. The van der Waals surface area contributed by atoms with Crippen molar-refractivity contribution in [2.45, 2.75) is 13.1 Å². The number of anilines is 1. The number of carbonyl (C=O) groups is 1. The number of hydrogen-bond acceptors (Lipinski definition) is 3. The number of amides is 1. The molecule has 19 heavy (non-hydrogen) atoms. The summed E-state index contributed by atoms with van der Waals surface area (Å²) in [5.41, 5.74) is 5.93. The predicted octanol–water partition coefficient (Wildman–Crippen LogP) is 2.26. The first-order valence-electron chi connectivity index (χ1n) is 5.12. The van der Waals surface area contributed by atoms with E-state index >= 15 is 0 Å². The molecule has 0 atom stereocenters. The molecule has 0 spiro atoms. The van der Waals surface area contributed by atoms with Gasteiger partial charge in [0.1, 0.15) is 5.75 Å². The van der Waals surface area contributed by atoms with E-state index in [0.29, 0.717) is 11.3 Å². The molecule has 4 nitrogen and oxygen atoms in total. The summed E-state index contributed by atoms with van der Waals surface area (Å²) in [7, 11) is 0. The Morgan fingerprint density at radius 3 is 2.58 bits per heavy atom. The molecule has 3 N–H and O–H groups in total. The minimum absolute atomic E-state index is 0. The molecule has 1 amide bonds. The van der Waals surface area contributed by atoms with Crippen molar-refractivity contribution < 1.29 is 22.7 Å². The molecule has 0 radical (unpaired) electrons. The van der Waals surface area contributed by atoms with Gasteiger partial charge in [0.15, 0.2) is 6.61 Å². The van der Waals surface area contributed by atoms with Crippen LogP contribution in [0.3, 0.4) is 0 Å². The number of rotatable bonds is 4. The van der Waals surface area contributed by atoms with Gasteiger partial charge in [-0.3, -0.25) is 4.79 Å². The molecule has 0 saturated heterocycles. The maximum atomic E-state index is 12.0. The van der Waals surface area contributed by atoms with Gasteiger partial charge in [0.25, 0.3) is 0 Å². The molecule has 0 saturated carbocycles. The van der Waals surface area contributed by atoms with Crippen molar-refractivity contribution >= 4 is 24.0 Å². The van der Waals surface area contributed by atoms with Crippen LogP contribution in [0.5, 0.6) is 5.75 Å². The van der Waals surface area contributed by atoms with E-state index in [-0.39, 0.29) is 24.7 Å². The van der Waals surface area contributed by atoms with Crippen molar-refractivity contribution in [2.24, 2.45) is 5.73 Å². The van der Waals surface area contributed by atoms with Crippen LogP contribution in [0.2, 0.25) is 0 Å². The first kappa shape index (κ1) is 17.5. The Kier molecular flexibility index (Phi) is 6.64. The number of ether oxygens (including phenoxy) is 1. The molecule has 0 fully saturated rings. The van der Waals surface area contributed by atoms with E-state index in [0.717, 1.165) is 0 Å². The smallest absolute Gasteiger partial charge is 0.422 e. The SMILES string of the molecule is Cc1c(NC(=O)CN)cccc1OCC(F)(F)F.Cl. The maximum Gasteiger partial charge on any atom is 0.422 e. The standard InChI is InChI=1S/C11H13F3N2O2.ClH/c1-7-8(16-10(17)5-15)3-2-4-9(7)18-6-11(12,13)14;/h2-4H,5-6,15H2,1H3,(H,16,17);1H. The Labute approximate surface area is 114 Å².